The maximum absolute atomic E-state index is 10.7. The highest BCUT2D eigenvalue weighted by Crippen LogP contribution is 1.88. The molecule has 0 spiro atoms. The van der Waals surface area contributed by atoms with E-state index < -0.39 is 0 Å². The van der Waals surface area contributed by atoms with E-state index in [0.29, 0.717) is 6.54 Å². The first kappa shape index (κ1) is 10.1. The number of rotatable bonds is 5. The van der Waals surface area contributed by atoms with Gasteiger partial charge in [-0.25, -0.2) is 4.98 Å². The number of amides is 1. The highest BCUT2D eigenvalue weighted by molar-refractivity contribution is 6.27. The number of aromatic nitrogens is 2. The molecule has 0 saturated heterocycles. The van der Waals surface area contributed by atoms with Gasteiger partial charge in [0.1, 0.15) is 5.88 Å². The summed E-state index contributed by atoms with van der Waals surface area (Å²) in [5.41, 5.74) is 0. The van der Waals surface area contributed by atoms with Crippen molar-refractivity contribution >= 4 is 17.5 Å². The highest BCUT2D eigenvalue weighted by atomic mass is 35.5. The molecule has 1 rings (SSSR count). The van der Waals surface area contributed by atoms with Gasteiger partial charge in [0.25, 0.3) is 0 Å². The van der Waals surface area contributed by atoms with Gasteiger partial charge in [-0.05, 0) is 6.42 Å². The van der Waals surface area contributed by atoms with Gasteiger partial charge in [-0.3, -0.25) is 4.79 Å². The number of hydrogen-bond acceptors (Lipinski definition) is 2. The molecule has 0 fully saturated rings. The minimum Gasteiger partial charge on any atom is -0.355 e. The van der Waals surface area contributed by atoms with Crippen molar-refractivity contribution in [1.29, 1.82) is 0 Å². The Hall–Kier alpha value is -1.03. The van der Waals surface area contributed by atoms with Crippen LogP contribution in [-0.2, 0) is 11.3 Å². The lowest BCUT2D eigenvalue weighted by molar-refractivity contribution is -0.118. The molecule has 4 nitrogen and oxygen atoms in total. The number of nitrogens with one attached hydrogen (secondary N) is 1. The Morgan fingerprint density at radius 1 is 1.62 bits per heavy atom. The van der Waals surface area contributed by atoms with Crippen LogP contribution in [0.2, 0.25) is 0 Å². The molecule has 1 N–H and O–H groups in total. The Morgan fingerprint density at radius 3 is 3.08 bits per heavy atom. The number of halogens is 1. The second-order valence-electron chi connectivity index (χ2n) is 2.64. The smallest absolute Gasteiger partial charge is 0.234 e. The van der Waals surface area contributed by atoms with Crippen LogP contribution in [0.1, 0.15) is 6.42 Å². The first-order chi connectivity index (χ1) is 6.33. The molecule has 0 aliphatic carbocycles. The van der Waals surface area contributed by atoms with Gasteiger partial charge in [-0.2, -0.15) is 0 Å². The molecule has 72 valence electrons. The van der Waals surface area contributed by atoms with Crippen molar-refractivity contribution in [3.05, 3.63) is 18.7 Å². The van der Waals surface area contributed by atoms with Crippen molar-refractivity contribution in [3.8, 4) is 0 Å². The lowest BCUT2D eigenvalue weighted by Crippen LogP contribution is -2.25. The largest absolute Gasteiger partial charge is 0.355 e. The van der Waals surface area contributed by atoms with Crippen molar-refractivity contribution in [3.63, 3.8) is 0 Å². The summed E-state index contributed by atoms with van der Waals surface area (Å²) in [6.07, 6.45) is 6.27. The van der Waals surface area contributed by atoms with E-state index in [1.165, 1.54) is 0 Å². The van der Waals surface area contributed by atoms with E-state index in [0.717, 1.165) is 13.0 Å². The zero-order valence-electron chi connectivity index (χ0n) is 7.24. The summed E-state index contributed by atoms with van der Waals surface area (Å²) in [5.74, 6) is -0.0854. The van der Waals surface area contributed by atoms with Crippen LogP contribution < -0.4 is 5.32 Å². The zero-order chi connectivity index (χ0) is 9.52. The summed E-state index contributed by atoms with van der Waals surface area (Å²) in [5, 5.41) is 2.69. The normalized spacial score (nSPS) is 9.92. The van der Waals surface area contributed by atoms with Crippen molar-refractivity contribution < 1.29 is 4.79 Å². The standard InChI is InChI=1S/C8H12ClN3O/c9-6-8(13)11-2-1-4-12-5-3-10-7-12/h3,5,7H,1-2,4,6H2,(H,11,13). The second-order valence-corrected chi connectivity index (χ2v) is 2.90. The van der Waals surface area contributed by atoms with E-state index in [-0.39, 0.29) is 11.8 Å². The van der Waals surface area contributed by atoms with Crippen molar-refractivity contribution in [2.75, 3.05) is 12.4 Å². The lowest BCUT2D eigenvalue weighted by Gasteiger charge is -2.03. The third-order valence-corrected chi connectivity index (χ3v) is 1.84. The zero-order valence-corrected chi connectivity index (χ0v) is 8.00. The van der Waals surface area contributed by atoms with Crippen molar-refractivity contribution in [2.24, 2.45) is 0 Å². The molecule has 0 saturated carbocycles. The molecule has 0 aromatic carbocycles. The molecule has 0 aliphatic rings. The number of hydrogen-bond donors (Lipinski definition) is 1. The van der Waals surface area contributed by atoms with Gasteiger partial charge in [0, 0.05) is 25.5 Å². The molecule has 1 amide bonds. The van der Waals surface area contributed by atoms with Gasteiger partial charge in [0.15, 0.2) is 0 Å². The number of imidazole rings is 1. The molecule has 0 radical (unpaired) electrons. The van der Waals surface area contributed by atoms with Gasteiger partial charge in [0.2, 0.25) is 5.91 Å². The minimum atomic E-state index is -0.118. The molecule has 1 aromatic rings. The van der Waals surface area contributed by atoms with Crippen LogP contribution >= 0.6 is 11.6 Å². The van der Waals surface area contributed by atoms with E-state index in [1.807, 2.05) is 10.8 Å². The third kappa shape index (κ3) is 3.94. The molecular formula is C8H12ClN3O. The molecule has 0 atom stereocenters. The van der Waals surface area contributed by atoms with Gasteiger partial charge >= 0.3 is 0 Å². The molecule has 0 aliphatic heterocycles. The van der Waals surface area contributed by atoms with Gasteiger partial charge in [-0.15, -0.1) is 11.6 Å². The summed E-state index contributed by atoms with van der Waals surface area (Å²) in [7, 11) is 0. The Balaban J connectivity index is 2.05. The second kappa shape index (κ2) is 5.59. The predicted molar refractivity (Wildman–Crippen MR) is 50.6 cm³/mol. The SMILES string of the molecule is O=C(CCl)NCCCn1ccnc1. The average Bonchev–Trinajstić information content (AvgIpc) is 2.64. The van der Waals surface area contributed by atoms with Crippen LogP contribution in [-0.4, -0.2) is 27.9 Å². The van der Waals surface area contributed by atoms with Crippen molar-refractivity contribution in [1.82, 2.24) is 14.9 Å². The van der Waals surface area contributed by atoms with Crippen LogP contribution in [0.5, 0.6) is 0 Å². The maximum Gasteiger partial charge on any atom is 0.234 e. The first-order valence-corrected chi connectivity index (χ1v) is 4.65. The predicted octanol–water partition coefficient (Wildman–Crippen LogP) is 0.628. The Morgan fingerprint density at radius 2 is 2.46 bits per heavy atom. The number of carbonyl (C=O) groups excluding carboxylic acids is 1. The first-order valence-electron chi connectivity index (χ1n) is 4.11. The Kier molecular flexibility index (Phi) is 4.32. The molecule has 0 bridgehead atoms. The number of alkyl halides is 1. The molecular weight excluding hydrogens is 190 g/mol. The van der Waals surface area contributed by atoms with E-state index in [9.17, 15) is 4.79 Å². The molecule has 1 aromatic heterocycles. The highest BCUT2D eigenvalue weighted by Gasteiger charge is 1.96. The third-order valence-electron chi connectivity index (χ3n) is 1.60. The van der Waals surface area contributed by atoms with E-state index in [2.05, 4.69) is 10.3 Å². The van der Waals surface area contributed by atoms with Crippen LogP contribution in [0.25, 0.3) is 0 Å². The van der Waals surface area contributed by atoms with Gasteiger partial charge in [-0.1, -0.05) is 0 Å². The van der Waals surface area contributed by atoms with Crippen LogP contribution in [0, 0.1) is 0 Å². The van der Waals surface area contributed by atoms with Crippen LogP contribution in [0.4, 0.5) is 0 Å². The summed E-state index contributed by atoms with van der Waals surface area (Å²) >= 11 is 5.30. The lowest BCUT2D eigenvalue weighted by atomic mass is 10.4. The monoisotopic (exact) mass is 201 g/mol. The molecule has 1 heterocycles. The number of aryl methyl sites for hydroxylation is 1. The Labute approximate surface area is 81.9 Å². The summed E-state index contributed by atoms with van der Waals surface area (Å²) < 4.78 is 1.97. The number of nitrogens with zero attached hydrogens (tertiary/aromatic N) is 2. The molecule has 0 unspecified atom stereocenters. The fourth-order valence-corrected chi connectivity index (χ4v) is 1.05. The van der Waals surface area contributed by atoms with Crippen LogP contribution in [0.3, 0.4) is 0 Å². The molecule has 5 heteroatoms. The van der Waals surface area contributed by atoms with E-state index in [4.69, 9.17) is 11.6 Å². The van der Waals surface area contributed by atoms with E-state index >= 15 is 0 Å². The molecule has 13 heavy (non-hydrogen) atoms. The van der Waals surface area contributed by atoms with Crippen LogP contribution in [0.15, 0.2) is 18.7 Å². The van der Waals surface area contributed by atoms with Crippen molar-refractivity contribution in [2.45, 2.75) is 13.0 Å². The van der Waals surface area contributed by atoms with Gasteiger partial charge in [0.05, 0.1) is 6.33 Å². The summed E-state index contributed by atoms with van der Waals surface area (Å²) in [6, 6.07) is 0. The number of carbonyl (C=O) groups is 1. The summed E-state index contributed by atoms with van der Waals surface area (Å²) in [4.78, 5) is 14.6. The summed E-state index contributed by atoms with van der Waals surface area (Å²) in [6.45, 7) is 1.52. The topological polar surface area (TPSA) is 46.9 Å². The van der Waals surface area contributed by atoms with Gasteiger partial charge < -0.3 is 9.88 Å². The van der Waals surface area contributed by atoms with E-state index in [1.54, 1.807) is 12.5 Å². The fourth-order valence-electron chi connectivity index (χ4n) is 0.956. The minimum absolute atomic E-state index is 0.0328. The average molecular weight is 202 g/mol. The fraction of sp³-hybridized carbons (Fsp3) is 0.500. The quantitative estimate of drug-likeness (QED) is 0.561. The maximum atomic E-state index is 10.7. The Bertz CT molecular complexity index is 248.